The Morgan fingerprint density at radius 2 is 1.31 bits per heavy atom. The van der Waals surface area contributed by atoms with Crippen molar-refractivity contribution >= 4 is 5.71 Å². The summed E-state index contributed by atoms with van der Waals surface area (Å²) < 4.78 is 0. The highest BCUT2D eigenvalue weighted by atomic mass is 16.3. The number of rotatable bonds is 18. The van der Waals surface area contributed by atoms with E-state index in [2.05, 4.69) is 48.5 Å². The van der Waals surface area contributed by atoms with Crippen LogP contribution in [0.5, 0.6) is 0 Å². The van der Waals surface area contributed by atoms with Gasteiger partial charge in [0.15, 0.2) is 5.72 Å². The van der Waals surface area contributed by atoms with E-state index in [0.717, 1.165) is 25.9 Å². The Bertz CT molecular complexity index is 381. The molecule has 0 aliphatic carbocycles. The first-order valence-corrected chi connectivity index (χ1v) is 12.3. The fourth-order valence-corrected chi connectivity index (χ4v) is 2.49. The summed E-state index contributed by atoms with van der Waals surface area (Å²) in [7, 11) is 0. The highest BCUT2D eigenvalue weighted by Gasteiger charge is 2.14. The van der Waals surface area contributed by atoms with Crippen molar-refractivity contribution in [3.8, 4) is 0 Å². The predicted molar refractivity (Wildman–Crippen MR) is 129 cm³/mol. The molecule has 0 fully saturated rings. The van der Waals surface area contributed by atoms with Gasteiger partial charge in [0.25, 0.3) is 0 Å². The van der Waals surface area contributed by atoms with Gasteiger partial charge in [-0.15, -0.1) is 0 Å². The lowest BCUT2D eigenvalue weighted by Gasteiger charge is -2.12. The minimum Gasteiger partial charge on any atom is -0.368 e. The SMILES string of the molecule is CCCCCCCCN=NC(C)(O)CC.CCCCCCCCNN=C(C)CC. The summed E-state index contributed by atoms with van der Waals surface area (Å²) in [5, 5.41) is 21.7. The second kappa shape index (κ2) is 23.3. The third-order valence-corrected chi connectivity index (χ3v) is 4.99. The standard InChI is InChI=1S/C12H26N2O.C12H26N2/c1-4-6-7-8-9-10-11-13-14-12(3,15)5-2;1-4-6-7-8-9-10-11-13-14-12(3)5-2/h15H,4-11H2,1-3H3;13H,4-11H2,1-3H3. The topological polar surface area (TPSA) is 69.3 Å². The summed E-state index contributed by atoms with van der Waals surface area (Å²) >= 11 is 0. The smallest absolute Gasteiger partial charge is 0.172 e. The molecular weight excluding hydrogens is 360 g/mol. The second-order valence-corrected chi connectivity index (χ2v) is 8.18. The summed E-state index contributed by atoms with van der Waals surface area (Å²) in [5.41, 5.74) is 3.35. The van der Waals surface area contributed by atoms with Crippen molar-refractivity contribution in [1.29, 1.82) is 0 Å². The van der Waals surface area contributed by atoms with Gasteiger partial charge in [-0.05, 0) is 39.5 Å². The van der Waals surface area contributed by atoms with E-state index in [1.165, 1.54) is 76.3 Å². The molecule has 0 bridgehead atoms. The number of nitrogens with one attached hydrogen (secondary N) is 1. The van der Waals surface area contributed by atoms with Gasteiger partial charge in [0.1, 0.15) is 0 Å². The monoisotopic (exact) mass is 412 g/mol. The van der Waals surface area contributed by atoms with Crippen molar-refractivity contribution in [2.45, 2.75) is 137 Å². The molecular formula is C24H52N4O. The summed E-state index contributed by atoms with van der Waals surface area (Å²) in [6.07, 6.45) is 17.3. The average Bonchev–Trinajstić information content (AvgIpc) is 2.72. The molecule has 5 nitrogen and oxygen atoms in total. The minimum atomic E-state index is -0.956. The van der Waals surface area contributed by atoms with Crippen LogP contribution in [0.1, 0.15) is 131 Å². The lowest BCUT2D eigenvalue weighted by atomic mass is 10.1. The molecule has 2 N–H and O–H groups in total. The van der Waals surface area contributed by atoms with Crippen molar-refractivity contribution < 1.29 is 5.11 Å². The molecule has 0 heterocycles. The van der Waals surface area contributed by atoms with E-state index in [9.17, 15) is 5.11 Å². The minimum absolute atomic E-state index is 0.618. The van der Waals surface area contributed by atoms with Crippen LogP contribution in [0.3, 0.4) is 0 Å². The van der Waals surface area contributed by atoms with E-state index in [4.69, 9.17) is 0 Å². The highest BCUT2D eigenvalue weighted by Crippen LogP contribution is 2.11. The number of nitrogens with zero attached hydrogens (tertiary/aromatic N) is 3. The van der Waals surface area contributed by atoms with Crippen LogP contribution in [-0.4, -0.2) is 29.6 Å². The molecule has 0 rings (SSSR count). The van der Waals surface area contributed by atoms with E-state index in [1.54, 1.807) is 6.92 Å². The molecule has 0 amide bonds. The first-order chi connectivity index (χ1) is 13.9. The van der Waals surface area contributed by atoms with E-state index in [1.807, 2.05) is 6.92 Å². The fourth-order valence-electron chi connectivity index (χ4n) is 2.49. The molecule has 0 saturated heterocycles. The first-order valence-electron chi connectivity index (χ1n) is 12.3. The maximum atomic E-state index is 9.54. The van der Waals surface area contributed by atoms with Crippen LogP contribution < -0.4 is 5.43 Å². The number of azo groups is 1. The summed E-state index contributed by atoms with van der Waals surface area (Å²) in [5.74, 6) is 0. The zero-order valence-corrected chi connectivity index (χ0v) is 20.6. The van der Waals surface area contributed by atoms with E-state index in [0.29, 0.717) is 6.42 Å². The predicted octanol–water partition coefficient (Wildman–Crippen LogP) is 7.64. The molecule has 0 aromatic rings. The van der Waals surface area contributed by atoms with Gasteiger partial charge < -0.3 is 10.5 Å². The maximum absolute atomic E-state index is 9.54. The van der Waals surface area contributed by atoms with E-state index < -0.39 is 5.72 Å². The van der Waals surface area contributed by atoms with Crippen LogP contribution in [0.2, 0.25) is 0 Å². The lowest BCUT2D eigenvalue weighted by molar-refractivity contribution is 0.0571. The van der Waals surface area contributed by atoms with E-state index >= 15 is 0 Å². The maximum Gasteiger partial charge on any atom is 0.172 e. The molecule has 0 aliphatic heterocycles. The van der Waals surface area contributed by atoms with Gasteiger partial charge >= 0.3 is 0 Å². The van der Waals surface area contributed by atoms with Crippen molar-refractivity contribution in [2.75, 3.05) is 13.1 Å². The molecule has 5 heteroatoms. The fraction of sp³-hybridized carbons (Fsp3) is 0.958. The van der Waals surface area contributed by atoms with Crippen LogP contribution in [0.4, 0.5) is 0 Å². The largest absolute Gasteiger partial charge is 0.368 e. The third kappa shape index (κ3) is 27.0. The number of hydrazone groups is 1. The number of hydrogen-bond acceptors (Lipinski definition) is 5. The van der Waals surface area contributed by atoms with Crippen molar-refractivity contribution in [3.63, 3.8) is 0 Å². The Balaban J connectivity index is 0. The first kappa shape index (κ1) is 30.2. The zero-order chi connectivity index (χ0) is 22.2. The molecule has 174 valence electrons. The molecule has 0 aromatic carbocycles. The molecule has 0 saturated carbocycles. The Kier molecular flexibility index (Phi) is 24.3. The van der Waals surface area contributed by atoms with Crippen molar-refractivity contribution in [2.24, 2.45) is 15.3 Å². The van der Waals surface area contributed by atoms with E-state index in [-0.39, 0.29) is 0 Å². The van der Waals surface area contributed by atoms with Crippen molar-refractivity contribution in [1.82, 2.24) is 5.43 Å². The highest BCUT2D eigenvalue weighted by molar-refractivity contribution is 5.81. The number of unbranched alkanes of at least 4 members (excludes halogenated alkanes) is 10. The molecule has 0 radical (unpaired) electrons. The number of hydrogen-bond donors (Lipinski definition) is 2. The summed E-state index contributed by atoms with van der Waals surface area (Å²) in [6.45, 7) is 14.1. The molecule has 1 unspecified atom stereocenters. The Morgan fingerprint density at radius 1 is 0.793 bits per heavy atom. The van der Waals surface area contributed by atoms with Crippen LogP contribution in [0.25, 0.3) is 0 Å². The second-order valence-electron chi connectivity index (χ2n) is 8.18. The summed E-state index contributed by atoms with van der Waals surface area (Å²) in [4.78, 5) is 0. The quantitative estimate of drug-likeness (QED) is 0.105. The van der Waals surface area contributed by atoms with Gasteiger partial charge in [0, 0.05) is 12.3 Å². The Morgan fingerprint density at radius 3 is 1.83 bits per heavy atom. The Labute approximate surface area is 182 Å². The molecule has 0 aromatic heterocycles. The van der Waals surface area contributed by atoms with Gasteiger partial charge in [-0.2, -0.15) is 15.3 Å². The van der Waals surface area contributed by atoms with Crippen LogP contribution in [0.15, 0.2) is 15.3 Å². The molecule has 0 spiro atoms. The number of aliphatic hydroxyl groups is 1. The average molecular weight is 413 g/mol. The van der Waals surface area contributed by atoms with Crippen LogP contribution in [0, 0.1) is 0 Å². The van der Waals surface area contributed by atoms with Gasteiger partial charge in [-0.25, -0.2) is 0 Å². The van der Waals surface area contributed by atoms with Crippen LogP contribution in [-0.2, 0) is 0 Å². The van der Waals surface area contributed by atoms with Gasteiger partial charge in [0.05, 0.1) is 6.54 Å². The third-order valence-electron chi connectivity index (χ3n) is 4.99. The Hall–Kier alpha value is -0.970. The molecule has 1 atom stereocenters. The van der Waals surface area contributed by atoms with Crippen LogP contribution >= 0.6 is 0 Å². The van der Waals surface area contributed by atoms with Crippen molar-refractivity contribution in [3.05, 3.63) is 0 Å². The summed E-state index contributed by atoms with van der Waals surface area (Å²) in [6, 6.07) is 0. The van der Waals surface area contributed by atoms with Gasteiger partial charge in [-0.1, -0.05) is 91.9 Å². The normalized spacial score (nSPS) is 13.8. The van der Waals surface area contributed by atoms with Gasteiger partial charge in [-0.3, -0.25) is 0 Å². The lowest BCUT2D eigenvalue weighted by Crippen LogP contribution is -2.18. The molecule has 29 heavy (non-hydrogen) atoms. The molecule has 0 aliphatic rings. The van der Waals surface area contributed by atoms with Gasteiger partial charge in [0.2, 0.25) is 0 Å². The zero-order valence-electron chi connectivity index (χ0n) is 20.6.